The van der Waals surface area contributed by atoms with Gasteiger partial charge in [-0.2, -0.15) is 0 Å². The van der Waals surface area contributed by atoms with E-state index in [1.807, 2.05) is 0 Å². The predicted molar refractivity (Wildman–Crippen MR) is 84.2 cm³/mol. The summed E-state index contributed by atoms with van der Waals surface area (Å²) in [7, 11) is -1.66. The van der Waals surface area contributed by atoms with Gasteiger partial charge in [0.05, 0.1) is 10.8 Å². The van der Waals surface area contributed by atoms with Gasteiger partial charge in [0.2, 0.25) is 0 Å². The van der Waals surface area contributed by atoms with Crippen LogP contribution in [0, 0.1) is 0 Å². The molecule has 0 aliphatic heterocycles. The van der Waals surface area contributed by atoms with E-state index in [9.17, 15) is 18.0 Å². The molecule has 0 saturated heterocycles. The maximum Gasteiger partial charge on any atom is 0.354 e. The van der Waals surface area contributed by atoms with Crippen molar-refractivity contribution in [1.29, 1.82) is 0 Å². The van der Waals surface area contributed by atoms with Gasteiger partial charge in [-0.05, 0) is 25.0 Å². The molecule has 1 aromatic heterocycles. The molecular weight excluding hydrogens is 320 g/mol. The molecule has 0 spiro atoms. The van der Waals surface area contributed by atoms with Crippen LogP contribution in [0.3, 0.4) is 0 Å². The van der Waals surface area contributed by atoms with Gasteiger partial charge in [0.1, 0.15) is 5.69 Å². The van der Waals surface area contributed by atoms with Crippen LogP contribution in [0.25, 0.3) is 0 Å². The van der Waals surface area contributed by atoms with Gasteiger partial charge in [0, 0.05) is 25.5 Å². The lowest BCUT2D eigenvalue weighted by Crippen LogP contribution is -2.49. The summed E-state index contributed by atoms with van der Waals surface area (Å²) in [6.45, 7) is 0. The first-order chi connectivity index (χ1) is 10.7. The molecule has 1 saturated carbocycles. The summed E-state index contributed by atoms with van der Waals surface area (Å²) in [5, 5.41) is 8.27. The van der Waals surface area contributed by atoms with E-state index in [1.54, 1.807) is 7.05 Å². The van der Waals surface area contributed by atoms with Crippen LogP contribution in [0.15, 0.2) is 18.3 Å². The van der Waals surface area contributed by atoms with E-state index in [0.717, 1.165) is 12.8 Å². The highest BCUT2D eigenvalue weighted by atomic mass is 32.2. The highest BCUT2D eigenvalue weighted by Gasteiger charge is 2.37. The second-order valence-electron chi connectivity index (χ2n) is 5.87. The van der Waals surface area contributed by atoms with Crippen LogP contribution in [-0.2, 0) is 9.84 Å². The Hall–Kier alpha value is -1.96. The van der Waals surface area contributed by atoms with Crippen molar-refractivity contribution in [1.82, 2.24) is 9.88 Å². The topological polar surface area (TPSA) is 105 Å². The van der Waals surface area contributed by atoms with Crippen LogP contribution in [0.2, 0.25) is 0 Å². The van der Waals surface area contributed by atoms with Crippen molar-refractivity contribution in [2.24, 2.45) is 0 Å². The number of hydrogen-bond acceptors (Lipinski definition) is 5. The van der Waals surface area contributed by atoms with Gasteiger partial charge in [0.25, 0.3) is 5.91 Å². The van der Waals surface area contributed by atoms with Crippen molar-refractivity contribution in [2.75, 3.05) is 13.3 Å². The van der Waals surface area contributed by atoms with Crippen LogP contribution >= 0.6 is 0 Å². The van der Waals surface area contributed by atoms with E-state index in [2.05, 4.69) is 4.98 Å². The van der Waals surface area contributed by atoms with Gasteiger partial charge >= 0.3 is 5.97 Å². The number of rotatable bonds is 4. The average molecular weight is 340 g/mol. The number of aromatic nitrogens is 1. The van der Waals surface area contributed by atoms with Gasteiger partial charge in [-0.1, -0.05) is 12.8 Å². The molecule has 1 fully saturated rings. The lowest BCUT2D eigenvalue weighted by Gasteiger charge is -2.37. The molecule has 0 aromatic carbocycles. The van der Waals surface area contributed by atoms with E-state index in [0.29, 0.717) is 12.8 Å². The molecule has 2 rings (SSSR count). The number of aromatic carboxylic acids is 1. The summed E-state index contributed by atoms with van der Waals surface area (Å²) >= 11 is 0. The van der Waals surface area contributed by atoms with E-state index in [4.69, 9.17) is 5.11 Å². The number of sulfone groups is 1. The quantitative estimate of drug-likeness (QED) is 0.883. The molecule has 1 N–H and O–H groups in total. The fourth-order valence-electron chi connectivity index (χ4n) is 3.02. The highest BCUT2D eigenvalue weighted by Crippen LogP contribution is 2.28. The minimum atomic E-state index is -3.24. The molecule has 1 heterocycles. The molecule has 7 nitrogen and oxygen atoms in total. The van der Waals surface area contributed by atoms with Gasteiger partial charge < -0.3 is 10.0 Å². The zero-order valence-electron chi connectivity index (χ0n) is 13.1. The molecule has 0 unspecified atom stereocenters. The molecule has 0 radical (unpaired) electrons. The maximum absolute atomic E-state index is 12.5. The molecule has 23 heavy (non-hydrogen) atoms. The number of nitrogens with zero attached hydrogens (tertiary/aromatic N) is 2. The molecular formula is C15H20N2O5S. The molecule has 1 aromatic rings. The van der Waals surface area contributed by atoms with Crippen LogP contribution < -0.4 is 0 Å². The summed E-state index contributed by atoms with van der Waals surface area (Å²) in [5.74, 6) is -1.52. The van der Waals surface area contributed by atoms with Crippen molar-refractivity contribution >= 4 is 21.7 Å². The molecule has 126 valence electrons. The van der Waals surface area contributed by atoms with Crippen LogP contribution in [0.5, 0.6) is 0 Å². The molecule has 8 heteroatoms. The number of carbonyl (C=O) groups is 2. The van der Waals surface area contributed by atoms with Gasteiger partial charge in [-0.25, -0.2) is 18.2 Å². The largest absolute Gasteiger partial charge is 0.477 e. The Bertz CT molecular complexity index is 699. The fourth-order valence-corrected chi connectivity index (χ4v) is 4.51. The Balaban J connectivity index is 2.22. The fraction of sp³-hybridized carbons (Fsp3) is 0.533. The van der Waals surface area contributed by atoms with E-state index in [-0.39, 0.29) is 23.2 Å². The third-order valence-electron chi connectivity index (χ3n) is 4.26. The normalized spacial score (nSPS) is 21.7. The number of pyridine rings is 1. The zero-order valence-corrected chi connectivity index (χ0v) is 13.9. The maximum atomic E-state index is 12.5. The van der Waals surface area contributed by atoms with Gasteiger partial charge in [-0.15, -0.1) is 0 Å². The Kier molecular flexibility index (Phi) is 5.03. The zero-order chi connectivity index (χ0) is 17.2. The van der Waals surface area contributed by atoms with Gasteiger partial charge in [0.15, 0.2) is 9.84 Å². The Labute approximate surface area is 135 Å². The standard InChI is InChI=1S/C15H20N2O5S/c1-17(12-5-3-4-6-13(12)23(2,21)22)14(18)10-7-8-11(15(19)20)16-9-10/h7-9,12-13H,3-6H2,1-2H3,(H,19,20)/t12-,13-/m1/s1. The SMILES string of the molecule is CN(C(=O)c1ccc(C(=O)O)nc1)[C@@H]1CCCC[C@H]1S(C)(=O)=O. The van der Waals surface area contributed by atoms with Crippen LogP contribution in [0.1, 0.15) is 46.5 Å². The number of carboxylic acids is 1. The second-order valence-corrected chi connectivity index (χ2v) is 8.14. The number of carbonyl (C=O) groups excluding carboxylic acids is 1. The molecule has 1 amide bonds. The lowest BCUT2D eigenvalue weighted by atomic mass is 9.93. The summed E-state index contributed by atoms with van der Waals surface area (Å²) in [5.41, 5.74) is 0.103. The lowest BCUT2D eigenvalue weighted by molar-refractivity contribution is 0.0679. The second kappa shape index (κ2) is 6.66. The number of amides is 1. The van der Waals surface area contributed by atoms with Gasteiger partial charge in [-0.3, -0.25) is 4.79 Å². The summed E-state index contributed by atoms with van der Waals surface area (Å²) in [6.07, 6.45) is 5.33. The monoisotopic (exact) mass is 340 g/mol. The Morgan fingerprint density at radius 3 is 2.43 bits per heavy atom. The minimum absolute atomic E-state index is 0.143. The highest BCUT2D eigenvalue weighted by molar-refractivity contribution is 7.91. The summed E-state index contributed by atoms with van der Waals surface area (Å²) < 4.78 is 23.9. The molecule has 1 aliphatic carbocycles. The first-order valence-corrected chi connectivity index (χ1v) is 9.32. The minimum Gasteiger partial charge on any atom is -0.477 e. The molecule has 0 bridgehead atoms. The number of carboxylic acid groups (broad SMARTS) is 1. The van der Waals surface area contributed by atoms with Crippen LogP contribution in [0.4, 0.5) is 0 Å². The van der Waals surface area contributed by atoms with Crippen LogP contribution in [-0.4, -0.2) is 59.9 Å². The smallest absolute Gasteiger partial charge is 0.354 e. The third kappa shape index (κ3) is 3.87. The van der Waals surface area contributed by atoms with Crippen molar-refractivity contribution in [3.63, 3.8) is 0 Å². The van der Waals surface area contributed by atoms with E-state index < -0.39 is 21.1 Å². The first-order valence-electron chi connectivity index (χ1n) is 7.37. The van der Waals surface area contributed by atoms with Crippen molar-refractivity contribution in [3.05, 3.63) is 29.6 Å². The Morgan fingerprint density at radius 2 is 1.91 bits per heavy atom. The van der Waals surface area contributed by atoms with Crippen molar-refractivity contribution in [2.45, 2.75) is 37.0 Å². The van der Waals surface area contributed by atoms with Crippen molar-refractivity contribution < 1.29 is 23.1 Å². The third-order valence-corrected chi connectivity index (χ3v) is 5.91. The van der Waals surface area contributed by atoms with E-state index >= 15 is 0 Å². The van der Waals surface area contributed by atoms with Crippen molar-refractivity contribution in [3.8, 4) is 0 Å². The van der Waals surface area contributed by atoms with E-state index in [1.165, 1.54) is 29.5 Å². The first kappa shape index (κ1) is 17.4. The predicted octanol–water partition coefficient (Wildman–Crippen LogP) is 1.21. The average Bonchev–Trinajstić information content (AvgIpc) is 2.52. The summed E-state index contributed by atoms with van der Waals surface area (Å²) in [4.78, 5) is 28.5. The number of hydrogen-bond donors (Lipinski definition) is 1. The molecule has 1 aliphatic rings. The summed E-state index contributed by atoms with van der Waals surface area (Å²) in [6, 6.07) is 2.29. The molecule has 2 atom stereocenters. The Morgan fingerprint density at radius 1 is 1.26 bits per heavy atom.